The van der Waals surface area contributed by atoms with Crippen molar-refractivity contribution in [2.45, 2.75) is 62.2 Å². The zero-order chi connectivity index (χ0) is 20.8. The van der Waals surface area contributed by atoms with Crippen molar-refractivity contribution in [2.24, 2.45) is 4.30 Å². The maximum atomic E-state index is 12.8. The minimum atomic E-state index is -2.50. The number of nitrogens with zero attached hydrogens (tertiary/aromatic N) is 3. The standard InChI is InChI=1S/C8H9BrF2N2.C8H10F2N2.BHNS.H2S/c9-6-4-12-7(13-6)5-1-2-8(10,11)3-5;9-8(10)2-1-6(5-8)7-11-3-4-12-7;1-2-3;/h4-5H,1-3H2,(H,12,13);3-4,6H,1-2,5H2,(H,11,12);3H;1H2/t5-;6-;;/m00../s1. The summed E-state index contributed by atoms with van der Waals surface area (Å²) in [7, 11) is 4.34. The SMILES string of the molecule is FC1(F)CC[C@H](c2ncc(Br)[nH]2)C1.FC1(F)CC[C@H](c2ncc[nH]2)C1.S.[B]=NS. The first kappa shape index (κ1) is 26.2. The molecule has 2 aromatic heterocycles. The second-order valence-corrected chi connectivity index (χ2v) is 7.88. The molecule has 2 atom stereocenters. The van der Waals surface area contributed by atoms with E-state index >= 15 is 0 Å². The first-order valence-electron chi connectivity index (χ1n) is 8.65. The van der Waals surface area contributed by atoms with Crippen LogP contribution in [0.1, 0.15) is 62.0 Å². The summed E-state index contributed by atoms with van der Waals surface area (Å²) in [6.45, 7) is 0. The third-order valence-corrected chi connectivity index (χ3v) is 5.07. The molecule has 0 unspecified atom stereocenters. The molecule has 1 radical (unpaired) electrons. The van der Waals surface area contributed by atoms with E-state index in [1.807, 2.05) is 0 Å². The summed E-state index contributed by atoms with van der Waals surface area (Å²) < 4.78 is 54.6. The quantitative estimate of drug-likeness (QED) is 0.274. The Morgan fingerprint density at radius 2 is 1.59 bits per heavy atom. The fourth-order valence-corrected chi connectivity index (χ4v) is 3.69. The third kappa shape index (κ3) is 8.45. The summed E-state index contributed by atoms with van der Waals surface area (Å²) in [5, 5.41) is 0. The average molecular weight is 515 g/mol. The van der Waals surface area contributed by atoms with Crippen LogP contribution in [0.25, 0.3) is 0 Å². The van der Waals surface area contributed by atoms with Crippen LogP contribution in [0.15, 0.2) is 27.5 Å². The molecular weight excluding hydrogens is 493 g/mol. The van der Waals surface area contributed by atoms with Crippen molar-refractivity contribution in [1.29, 1.82) is 0 Å². The number of hydrogen-bond acceptors (Lipinski definition) is 4. The Hall–Kier alpha value is -0.815. The Kier molecular flexibility index (Phi) is 10.4. The molecule has 0 saturated heterocycles. The third-order valence-electron chi connectivity index (χ3n) is 4.66. The van der Waals surface area contributed by atoms with E-state index in [0.29, 0.717) is 24.5 Å². The van der Waals surface area contributed by atoms with Gasteiger partial charge >= 0.3 is 24.8 Å². The van der Waals surface area contributed by atoms with Gasteiger partial charge in [0.15, 0.2) is 0 Å². The molecule has 0 aliphatic heterocycles. The molecule has 13 heteroatoms. The van der Waals surface area contributed by atoms with Gasteiger partial charge < -0.3 is 9.97 Å². The molecule has 2 N–H and O–H groups in total. The van der Waals surface area contributed by atoms with E-state index in [-0.39, 0.29) is 51.0 Å². The molecule has 2 fully saturated rings. The number of rotatable bonds is 2. The van der Waals surface area contributed by atoms with Gasteiger partial charge in [0, 0.05) is 49.9 Å². The number of alkyl halides is 4. The fourth-order valence-electron chi connectivity index (χ4n) is 3.39. The number of imidazole rings is 2. The Labute approximate surface area is 188 Å². The second kappa shape index (κ2) is 11.5. The first-order valence-corrected chi connectivity index (χ1v) is 9.84. The normalized spacial score (nSPS) is 23.8. The van der Waals surface area contributed by atoms with Crippen LogP contribution in [0.5, 0.6) is 0 Å². The molecule has 161 valence electrons. The van der Waals surface area contributed by atoms with Crippen LogP contribution in [0.2, 0.25) is 0 Å². The summed E-state index contributed by atoms with van der Waals surface area (Å²) in [5.74, 6) is -3.78. The van der Waals surface area contributed by atoms with E-state index in [9.17, 15) is 17.6 Å². The molecule has 0 bridgehead atoms. The predicted octanol–water partition coefficient (Wildman–Crippen LogP) is 5.68. The van der Waals surface area contributed by atoms with Crippen molar-refractivity contribution >= 4 is 49.9 Å². The van der Waals surface area contributed by atoms with Crippen molar-refractivity contribution in [3.05, 3.63) is 34.8 Å². The average Bonchev–Trinajstić information content (AvgIpc) is 3.36. The second-order valence-electron chi connectivity index (χ2n) is 6.80. The van der Waals surface area contributed by atoms with Gasteiger partial charge in [-0.05, 0) is 28.8 Å². The van der Waals surface area contributed by atoms with Crippen LogP contribution in [-0.4, -0.2) is 39.4 Å². The number of hydrogen-bond donors (Lipinski definition) is 3. The van der Waals surface area contributed by atoms with Gasteiger partial charge in [0.1, 0.15) is 16.3 Å². The van der Waals surface area contributed by atoms with E-state index < -0.39 is 11.8 Å². The predicted molar refractivity (Wildman–Crippen MR) is 116 cm³/mol. The molecule has 0 amide bonds. The molecule has 5 nitrogen and oxygen atoms in total. The zero-order valence-electron chi connectivity index (χ0n) is 15.4. The molecule has 2 aliphatic carbocycles. The summed E-state index contributed by atoms with van der Waals surface area (Å²) in [4.78, 5) is 13.8. The minimum absolute atomic E-state index is 0. The Morgan fingerprint density at radius 1 is 1.07 bits per heavy atom. The van der Waals surface area contributed by atoms with Crippen LogP contribution in [0.3, 0.4) is 0 Å². The summed E-state index contributed by atoms with van der Waals surface area (Å²) in [6, 6.07) is 0. The number of nitrogens with one attached hydrogen (secondary N) is 2. The monoisotopic (exact) mass is 514 g/mol. The van der Waals surface area contributed by atoms with E-state index in [4.69, 9.17) is 0 Å². The van der Waals surface area contributed by atoms with Gasteiger partial charge in [-0.1, -0.05) is 0 Å². The van der Waals surface area contributed by atoms with Gasteiger partial charge in [-0.2, -0.15) is 13.5 Å². The number of H-pyrrole nitrogens is 2. The molecule has 2 heterocycles. The topological polar surface area (TPSA) is 69.7 Å². The molecule has 29 heavy (non-hydrogen) atoms. The van der Waals surface area contributed by atoms with Crippen molar-refractivity contribution in [2.75, 3.05) is 0 Å². The van der Waals surface area contributed by atoms with Crippen LogP contribution >= 0.6 is 42.2 Å². The van der Waals surface area contributed by atoms with Gasteiger partial charge in [-0.3, -0.25) is 0 Å². The van der Waals surface area contributed by atoms with Gasteiger partial charge in [0.05, 0.1) is 6.20 Å². The van der Waals surface area contributed by atoms with E-state index in [1.54, 1.807) is 18.6 Å². The van der Waals surface area contributed by atoms with E-state index in [0.717, 1.165) is 4.60 Å². The molecule has 2 saturated carbocycles. The summed E-state index contributed by atoms with van der Waals surface area (Å²) in [6.07, 6.45) is 5.79. The molecule has 0 spiro atoms. The number of aromatic amines is 2. The Balaban J connectivity index is 0.000000249. The molecular formula is C16H22BBrF4N5S2. The number of aromatic nitrogens is 4. The van der Waals surface area contributed by atoms with Crippen LogP contribution in [-0.2, 0) is 0 Å². The number of halogens is 5. The molecule has 2 aromatic rings. The van der Waals surface area contributed by atoms with Gasteiger partial charge in [0.25, 0.3) is 0 Å². The van der Waals surface area contributed by atoms with E-state index in [2.05, 4.69) is 60.6 Å². The van der Waals surface area contributed by atoms with Crippen molar-refractivity contribution in [1.82, 2.24) is 19.9 Å². The molecule has 4 rings (SSSR count). The zero-order valence-corrected chi connectivity index (χ0v) is 18.9. The number of thiol groups is 1. The van der Waals surface area contributed by atoms with Gasteiger partial charge in [-0.15, -0.1) is 0 Å². The maximum absolute atomic E-state index is 12.8. The Morgan fingerprint density at radius 3 is 1.93 bits per heavy atom. The molecule has 0 aromatic carbocycles. The van der Waals surface area contributed by atoms with Gasteiger partial charge in [0.2, 0.25) is 11.8 Å². The van der Waals surface area contributed by atoms with Crippen LogP contribution in [0, 0.1) is 0 Å². The van der Waals surface area contributed by atoms with Crippen LogP contribution in [0.4, 0.5) is 17.6 Å². The van der Waals surface area contributed by atoms with Crippen LogP contribution < -0.4 is 0 Å². The first-order chi connectivity index (χ1) is 13.2. The van der Waals surface area contributed by atoms with Crippen molar-refractivity contribution in [3.8, 4) is 0 Å². The van der Waals surface area contributed by atoms with Crippen molar-refractivity contribution < 1.29 is 17.6 Å². The Bertz CT molecular complexity index is 748. The van der Waals surface area contributed by atoms with Crippen molar-refractivity contribution in [3.63, 3.8) is 0 Å². The molecule has 2 aliphatic rings. The van der Waals surface area contributed by atoms with Gasteiger partial charge in [-0.25, -0.2) is 27.5 Å². The van der Waals surface area contributed by atoms with E-state index in [1.165, 1.54) is 0 Å². The summed E-state index contributed by atoms with van der Waals surface area (Å²) in [5.41, 5.74) is 0. The fraction of sp³-hybridized carbons (Fsp3) is 0.625. The summed E-state index contributed by atoms with van der Waals surface area (Å²) >= 11 is 6.39.